The van der Waals surface area contributed by atoms with Gasteiger partial charge >= 0.3 is 0 Å². The van der Waals surface area contributed by atoms with Crippen molar-refractivity contribution in [1.82, 2.24) is 14.6 Å². The Morgan fingerprint density at radius 2 is 2.33 bits per heavy atom. The molecule has 2 aromatic heterocycles. The summed E-state index contributed by atoms with van der Waals surface area (Å²) >= 11 is 3.09. The summed E-state index contributed by atoms with van der Waals surface area (Å²) in [5.74, 6) is 0.288. The Balaban J connectivity index is 2.33. The molecule has 7 heteroatoms. The lowest BCUT2D eigenvalue weighted by atomic mass is 10.4. The van der Waals surface area contributed by atoms with E-state index in [1.165, 1.54) is 4.52 Å². The molecule has 0 N–H and O–H groups in total. The number of nitrogens with zero attached hydrogens (tertiary/aromatic N) is 3. The Labute approximate surface area is 92.0 Å². The van der Waals surface area contributed by atoms with Gasteiger partial charge in [-0.25, -0.2) is 13.3 Å². The third-order valence-electron chi connectivity index (χ3n) is 1.67. The van der Waals surface area contributed by atoms with Gasteiger partial charge in [0.15, 0.2) is 11.4 Å². The van der Waals surface area contributed by atoms with Gasteiger partial charge in [-0.2, -0.15) is 4.98 Å². The number of ether oxygens (including phenoxy) is 1. The molecule has 0 fully saturated rings. The van der Waals surface area contributed by atoms with Crippen LogP contribution in [0.15, 0.2) is 23.1 Å². The van der Waals surface area contributed by atoms with Crippen LogP contribution < -0.4 is 4.74 Å². The fourth-order valence-electron chi connectivity index (χ4n) is 1.12. The van der Waals surface area contributed by atoms with E-state index in [1.807, 2.05) is 0 Å². The van der Waals surface area contributed by atoms with Crippen molar-refractivity contribution in [2.45, 2.75) is 6.43 Å². The molecular weight excluding hydrogens is 272 g/mol. The van der Waals surface area contributed by atoms with E-state index in [9.17, 15) is 8.78 Å². The number of halogens is 3. The van der Waals surface area contributed by atoms with Gasteiger partial charge in [0.2, 0.25) is 4.73 Å². The Hall–Kier alpha value is -1.24. The zero-order valence-electron chi connectivity index (χ0n) is 7.40. The zero-order valence-corrected chi connectivity index (χ0v) is 8.99. The van der Waals surface area contributed by atoms with Crippen molar-refractivity contribution < 1.29 is 13.5 Å². The second-order valence-corrected chi connectivity index (χ2v) is 3.43. The summed E-state index contributed by atoms with van der Waals surface area (Å²) in [7, 11) is 0. The van der Waals surface area contributed by atoms with Gasteiger partial charge < -0.3 is 4.74 Å². The minimum atomic E-state index is -2.50. The van der Waals surface area contributed by atoms with Crippen molar-refractivity contribution in [3.63, 3.8) is 0 Å². The molecule has 15 heavy (non-hydrogen) atoms. The second-order valence-electron chi connectivity index (χ2n) is 2.72. The van der Waals surface area contributed by atoms with Crippen LogP contribution in [0.4, 0.5) is 8.78 Å². The van der Waals surface area contributed by atoms with Crippen molar-refractivity contribution in [3.8, 4) is 5.75 Å². The van der Waals surface area contributed by atoms with Gasteiger partial charge in [0.1, 0.15) is 6.61 Å². The first kappa shape index (κ1) is 10.3. The monoisotopic (exact) mass is 277 g/mol. The summed E-state index contributed by atoms with van der Waals surface area (Å²) in [5, 5.41) is 3.96. The van der Waals surface area contributed by atoms with Gasteiger partial charge in [-0.05, 0) is 28.1 Å². The first-order chi connectivity index (χ1) is 7.16. The standard InChI is InChI=1S/C8H6BrF2N3O/c9-8-12-7-5(15-4-6(10)11)2-1-3-14(7)13-8/h1-3,6H,4H2. The molecule has 2 heterocycles. The maximum absolute atomic E-state index is 11.9. The molecule has 0 aliphatic rings. The number of fused-ring (bicyclic) bond motifs is 1. The Morgan fingerprint density at radius 1 is 1.53 bits per heavy atom. The van der Waals surface area contributed by atoms with Crippen molar-refractivity contribution >= 4 is 21.6 Å². The molecule has 0 amide bonds. The SMILES string of the molecule is FC(F)COc1cccn2nc(Br)nc12. The van der Waals surface area contributed by atoms with Crippen LogP contribution in [-0.4, -0.2) is 27.6 Å². The van der Waals surface area contributed by atoms with Crippen molar-refractivity contribution in [1.29, 1.82) is 0 Å². The van der Waals surface area contributed by atoms with E-state index in [-0.39, 0.29) is 5.75 Å². The number of aromatic nitrogens is 3. The van der Waals surface area contributed by atoms with Crippen LogP contribution in [0.25, 0.3) is 5.65 Å². The van der Waals surface area contributed by atoms with Crippen LogP contribution in [0.1, 0.15) is 0 Å². The molecule has 80 valence electrons. The van der Waals surface area contributed by atoms with E-state index in [2.05, 4.69) is 26.0 Å². The van der Waals surface area contributed by atoms with Gasteiger partial charge in [0.25, 0.3) is 6.43 Å². The summed E-state index contributed by atoms with van der Waals surface area (Å²) in [5.41, 5.74) is 0.407. The quantitative estimate of drug-likeness (QED) is 0.863. The van der Waals surface area contributed by atoms with E-state index < -0.39 is 13.0 Å². The highest BCUT2D eigenvalue weighted by Gasteiger charge is 2.09. The Morgan fingerprint density at radius 3 is 3.07 bits per heavy atom. The van der Waals surface area contributed by atoms with Gasteiger partial charge in [0.05, 0.1) is 0 Å². The highest BCUT2D eigenvalue weighted by Crippen LogP contribution is 2.19. The van der Waals surface area contributed by atoms with E-state index in [4.69, 9.17) is 4.74 Å². The number of alkyl halides is 2. The molecule has 4 nitrogen and oxygen atoms in total. The highest BCUT2D eigenvalue weighted by molar-refractivity contribution is 9.10. The van der Waals surface area contributed by atoms with Crippen molar-refractivity contribution in [2.24, 2.45) is 0 Å². The number of hydrogen-bond donors (Lipinski definition) is 0. The molecule has 0 aromatic carbocycles. The molecule has 0 saturated carbocycles. The molecule has 0 radical (unpaired) electrons. The van der Waals surface area contributed by atoms with Gasteiger partial charge in [-0.15, -0.1) is 5.10 Å². The minimum Gasteiger partial charge on any atom is -0.484 e. The first-order valence-electron chi connectivity index (χ1n) is 4.08. The van der Waals surface area contributed by atoms with Crippen molar-refractivity contribution in [2.75, 3.05) is 6.61 Å². The normalized spacial score (nSPS) is 11.2. The molecule has 0 atom stereocenters. The number of rotatable bonds is 3. The molecule has 2 rings (SSSR count). The van der Waals surface area contributed by atoms with E-state index in [0.717, 1.165) is 0 Å². The highest BCUT2D eigenvalue weighted by atomic mass is 79.9. The lowest BCUT2D eigenvalue weighted by Gasteiger charge is -2.05. The van der Waals surface area contributed by atoms with E-state index in [0.29, 0.717) is 10.4 Å². The molecule has 0 unspecified atom stereocenters. The number of pyridine rings is 1. The predicted octanol–water partition coefficient (Wildman–Crippen LogP) is 2.14. The maximum atomic E-state index is 11.9. The number of hydrogen-bond acceptors (Lipinski definition) is 3. The van der Waals surface area contributed by atoms with Crippen molar-refractivity contribution in [3.05, 3.63) is 23.1 Å². The van der Waals surface area contributed by atoms with Crippen LogP contribution in [-0.2, 0) is 0 Å². The lowest BCUT2D eigenvalue weighted by molar-refractivity contribution is 0.0824. The average molecular weight is 278 g/mol. The fraction of sp³-hybridized carbons (Fsp3) is 0.250. The molecule has 2 aromatic rings. The summed E-state index contributed by atoms with van der Waals surface area (Å²) in [6.45, 7) is -0.649. The maximum Gasteiger partial charge on any atom is 0.272 e. The molecule has 0 aliphatic carbocycles. The van der Waals surface area contributed by atoms with Crippen LogP contribution >= 0.6 is 15.9 Å². The Bertz CT molecular complexity index is 474. The average Bonchev–Trinajstić information content (AvgIpc) is 2.55. The minimum absolute atomic E-state index is 0.288. The summed E-state index contributed by atoms with van der Waals surface area (Å²) in [6.07, 6.45) is -0.848. The molecular formula is C8H6BrF2N3O. The second kappa shape index (κ2) is 4.09. The molecule has 0 bridgehead atoms. The predicted molar refractivity (Wildman–Crippen MR) is 52.2 cm³/mol. The topological polar surface area (TPSA) is 39.4 Å². The molecule has 0 saturated heterocycles. The van der Waals surface area contributed by atoms with Gasteiger partial charge in [-0.3, -0.25) is 0 Å². The van der Waals surface area contributed by atoms with Crippen LogP contribution in [0.3, 0.4) is 0 Å². The van der Waals surface area contributed by atoms with Gasteiger partial charge in [-0.1, -0.05) is 0 Å². The zero-order chi connectivity index (χ0) is 10.8. The first-order valence-corrected chi connectivity index (χ1v) is 4.88. The van der Waals surface area contributed by atoms with E-state index >= 15 is 0 Å². The molecule has 0 spiro atoms. The smallest absolute Gasteiger partial charge is 0.272 e. The lowest BCUT2D eigenvalue weighted by Crippen LogP contribution is -2.07. The summed E-state index contributed by atoms with van der Waals surface area (Å²) in [4.78, 5) is 3.99. The van der Waals surface area contributed by atoms with E-state index in [1.54, 1.807) is 18.3 Å². The van der Waals surface area contributed by atoms with Crippen LogP contribution in [0.2, 0.25) is 0 Å². The largest absolute Gasteiger partial charge is 0.484 e. The third-order valence-corrected chi connectivity index (χ3v) is 2.00. The summed E-state index contributed by atoms with van der Waals surface area (Å²) in [6, 6.07) is 3.22. The summed E-state index contributed by atoms with van der Waals surface area (Å²) < 4.78 is 30.6. The fourth-order valence-corrected chi connectivity index (χ4v) is 1.46. The third kappa shape index (κ3) is 2.23. The van der Waals surface area contributed by atoms with Crippen LogP contribution in [0, 0.1) is 0 Å². The van der Waals surface area contributed by atoms with Crippen LogP contribution in [0.5, 0.6) is 5.75 Å². The molecule has 0 aliphatic heterocycles. The Kier molecular flexibility index (Phi) is 2.81. The van der Waals surface area contributed by atoms with Gasteiger partial charge in [0, 0.05) is 6.20 Å².